The minimum atomic E-state index is -3.71. The van der Waals surface area contributed by atoms with Gasteiger partial charge in [0.25, 0.3) is 10.0 Å². The first-order chi connectivity index (χ1) is 15.6. The number of hydrogen-bond acceptors (Lipinski definition) is 4. The van der Waals surface area contributed by atoms with Crippen molar-refractivity contribution in [2.45, 2.75) is 11.3 Å². The molecule has 3 aromatic carbocycles. The number of sulfonamides is 1. The number of anilines is 1. The van der Waals surface area contributed by atoms with Gasteiger partial charge in [-0.25, -0.2) is 8.42 Å². The van der Waals surface area contributed by atoms with Crippen molar-refractivity contribution in [3.63, 3.8) is 0 Å². The molecule has 0 saturated carbocycles. The molecule has 1 N–H and O–H groups in total. The van der Waals surface area contributed by atoms with E-state index in [-0.39, 0.29) is 11.4 Å². The highest BCUT2D eigenvalue weighted by atomic mass is 32.2. The molecule has 4 aromatic rings. The fraction of sp³-hybridized carbons (Fsp3) is 0.160. The van der Waals surface area contributed by atoms with Crippen molar-refractivity contribution >= 4 is 15.7 Å². The molecule has 1 aromatic heterocycles. The van der Waals surface area contributed by atoms with Gasteiger partial charge in [0.1, 0.15) is 0 Å². The van der Waals surface area contributed by atoms with E-state index in [9.17, 15) is 8.42 Å². The van der Waals surface area contributed by atoms with Gasteiger partial charge >= 0.3 is 0 Å². The Bertz CT molecular complexity index is 1350. The Morgan fingerprint density at radius 3 is 2.44 bits per heavy atom. The molecule has 0 saturated heterocycles. The maximum absolute atomic E-state index is 13.3. The third kappa shape index (κ3) is 3.49. The predicted octanol–water partition coefficient (Wildman–Crippen LogP) is 4.49. The molecule has 6 nitrogen and oxygen atoms in total. The van der Waals surface area contributed by atoms with E-state index >= 15 is 0 Å². The van der Waals surface area contributed by atoms with Gasteiger partial charge in [-0.05, 0) is 29.8 Å². The van der Waals surface area contributed by atoms with Crippen molar-refractivity contribution in [1.82, 2.24) is 10.2 Å². The third-order valence-corrected chi connectivity index (χ3v) is 7.62. The lowest BCUT2D eigenvalue weighted by Gasteiger charge is -2.24. The second-order valence-corrected chi connectivity index (χ2v) is 9.55. The van der Waals surface area contributed by atoms with Crippen LogP contribution >= 0.6 is 0 Å². The highest BCUT2D eigenvalue weighted by Crippen LogP contribution is 2.40. The molecular weight excluding hydrogens is 422 g/mol. The summed E-state index contributed by atoms with van der Waals surface area (Å²) in [4.78, 5) is 0.253. The zero-order chi connectivity index (χ0) is 22.1. The maximum Gasteiger partial charge on any atom is 0.264 e. The van der Waals surface area contributed by atoms with E-state index in [1.165, 1.54) is 21.0 Å². The molecule has 5 rings (SSSR count). The first-order valence-electron chi connectivity index (χ1n) is 10.4. The summed E-state index contributed by atoms with van der Waals surface area (Å²) in [5.74, 6) is 0. The Balaban J connectivity index is 1.48. The standard InChI is InChI=1S/C25H23N3O3S/c1-31-16-15-28(32(29,30)21-8-3-2-4-9-21)20-13-11-18(12-14-20)24-23-17-19-7-5-6-10-22(19)25(23)27-26-24/h2-14H,15-17H2,1H3,(H,26,27). The Kier molecular flexibility index (Phi) is 5.28. The number of methoxy groups -OCH3 is 1. The van der Waals surface area contributed by atoms with Gasteiger partial charge in [0.15, 0.2) is 0 Å². The highest BCUT2D eigenvalue weighted by Gasteiger charge is 2.26. The van der Waals surface area contributed by atoms with Gasteiger partial charge < -0.3 is 4.74 Å². The Morgan fingerprint density at radius 1 is 0.969 bits per heavy atom. The van der Waals surface area contributed by atoms with Crippen molar-refractivity contribution in [2.24, 2.45) is 0 Å². The Morgan fingerprint density at radius 2 is 1.69 bits per heavy atom. The van der Waals surface area contributed by atoms with E-state index in [4.69, 9.17) is 4.74 Å². The van der Waals surface area contributed by atoms with Gasteiger partial charge in [0.2, 0.25) is 0 Å². The van der Waals surface area contributed by atoms with Gasteiger partial charge in [-0.1, -0.05) is 54.6 Å². The summed E-state index contributed by atoms with van der Waals surface area (Å²) in [6.45, 7) is 0.513. The summed E-state index contributed by atoms with van der Waals surface area (Å²) < 4.78 is 33.1. The average molecular weight is 446 g/mol. The monoisotopic (exact) mass is 445 g/mol. The average Bonchev–Trinajstić information content (AvgIpc) is 3.40. The molecule has 0 atom stereocenters. The summed E-state index contributed by atoms with van der Waals surface area (Å²) in [5.41, 5.74) is 7.15. The van der Waals surface area contributed by atoms with Crippen molar-refractivity contribution in [1.29, 1.82) is 0 Å². The fourth-order valence-corrected chi connectivity index (χ4v) is 5.64. The van der Waals surface area contributed by atoms with Gasteiger partial charge in [0, 0.05) is 30.2 Å². The van der Waals surface area contributed by atoms with Crippen LogP contribution in [0, 0.1) is 0 Å². The maximum atomic E-state index is 13.3. The lowest BCUT2D eigenvalue weighted by molar-refractivity contribution is 0.208. The molecule has 0 spiro atoms. The van der Waals surface area contributed by atoms with Crippen molar-refractivity contribution in [2.75, 3.05) is 24.6 Å². The molecule has 0 bridgehead atoms. The minimum Gasteiger partial charge on any atom is -0.383 e. The van der Waals surface area contributed by atoms with Crippen LogP contribution in [-0.2, 0) is 21.2 Å². The third-order valence-electron chi connectivity index (χ3n) is 5.78. The van der Waals surface area contributed by atoms with E-state index in [0.29, 0.717) is 12.3 Å². The van der Waals surface area contributed by atoms with Crippen LogP contribution < -0.4 is 4.31 Å². The predicted molar refractivity (Wildman–Crippen MR) is 125 cm³/mol. The molecule has 0 aliphatic heterocycles. The molecule has 0 unspecified atom stereocenters. The quantitative estimate of drug-likeness (QED) is 0.401. The molecule has 1 heterocycles. The summed E-state index contributed by atoms with van der Waals surface area (Å²) in [6.07, 6.45) is 0.835. The van der Waals surface area contributed by atoms with Gasteiger partial charge in [-0.15, -0.1) is 0 Å². The molecular formula is C25H23N3O3S. The number of rotatable bonds is 7. The van der Waals surface area contributed by atoms with E-state index in [2.05, 4.69) is 22.3 Å². The molecule has 1 aliphatic carbocycles. The van der Waals surface area contributed by atoms with E-state index < -0.39 is 10.0 Å². The number of aromatic amines is 1. The molecule has 0 fully saturated rings. The largest absolute Gasteiger partial charge is 0.383 e. The van der Waals surface area contributed by atoms with Crippen molar-refractivity contribution in [3.8, 4) is 22.5 Å². The van der Waals surface area contributed by atoms with Crippen LogP contribution in [0.2, 0.25) is 0 Å². The number of aromatic nitrogens is 2. The normalized spacial score (nSPS) is 12.4. The zero-order valence-electron chi connectivity index (χ0n) is 17.7. The summed E-state index contributed by atoms with van der Waals surface area (Å²) >= 11 is 0. The van der Waals surface area contributed by atoms with Gasteiger partial charge in [-0.3, -0.25) is 9.40 Å². The van der Waals surface area contributed by atoms with Gasteiger partial charge in [-0.2, -0.15) is 5.10 Å². The molecule has 0 radical (unpaired) electrons. The SMILES string of the molecule is COCCN(c1ccc(-c2n[nH]c3c2Cc2ccccc2-3)cc1)S(=O)(=O)c1ccccc1. The topological polar surface area (TPSA) is 75.3 Å². The second-order valence-electron chi connectivity index (χ2n) is 7.69. The van der Waals surface area contributed by atoms with Crippen LogP contribution in [0.4, 0.5) is 5.69 Å². The molecule has 162 valence electrons. The van der Waals surface area contributed by atoms with Crippen LogP contribution in [0.25, 0.3) is 22.5 Å². The first kappa shape index (κ1) is 20.5. The summed E-state index contributed by atoms with van der Waals surface area (Å²) in [6, 6.07) is 24.3. The van der Waals surface area contributed by atoms with Crippen LogP contribution in [0.5, 0.6) is 0 Å². The van der Waals surface area contributed by atoms with Crippen LogP contribution in [0.3, 0.4) is 0 Å². The van der Waals surface area contributed by atoms with E-state index in [1.807, 2.05) is 36.4 Å². The Labute approximate surface area is 187 Å². The second kappa shape index (κ2) is 8.26. The van der Waals surface area contributed by atoms with Crippen LogP contribution in [0.15, 0.2) is 83.8 Å². The molecule has 1 aliphatic rings. The van der Waals surface area contributed by atoms with Crippen molar-refractivity contribution in [3.05, 3.63) is 90.0 Å². The summed E-state index contributed by atoms with van der Waals surface area (Å²) in [7, 11) is -2.15. The smallest absolute Gasteiger partial charge is 0.264 e. The van der Waals surface area contributed by atoms with E-state index in [0.717, 1.165) is 23.4 Å². The lowest BCUT2D eigenvalue weighted by Crippen LogP contribution is -2.34. The van der Waals surface area contributed by atoms with Crippen LogP contribution in [0.1, 0.15) is 11.1 Å². The first-order valence-corrected chi connectivity index (χ1v) is 11.9. The number of ether oxygens (including phenoxy) is 1. The highest BCUT2D eigenvalue weighted by molar-refractivity contribution is 7.92. The fourth-order valence-electron chi connectivity index (χ4n) is 4.18. The number of hydrogen-bond donors (Lipinski definition) is 1. The number of fused-ring (bicyclic) bond motifs is 3. The minimum absolute atomic E-state index is 0.222. The number of H-pyrrole nitrogens is 1. The molecule has 7 heteroatoms. The lowest BCUT2D eigenvalue weighted by atomic mass is 10.1. The Hall–Kier alpha value is -3.42. The number of benzene rings is 3. The molecule has 0 amide bonds. The summed E-state index contributed by atoms with van der Waals surface area (Å²) in [5, 5.41) is 7.73. The molecule has 32 heavy (non-hydrogen) atoms. The van der Waals surface area contributed by atoms with Crippen LogP contribution in [-0.4, -0.2) is 38.9 Å². The number of nitrogens with zero attached hydrogens (tertiary/aromatic N) is 2. The van der Waals surface area contributed by atoms with Gasteiger partial charge in [0.05, 0.1) is 35.1 Å². The van der Waals surface area contributed by atoms with E-state index in [1.54, 1.807) is 37.4 Å². The zero-order valence-corrected chi connectivity index (χ0v) is 18.5. The van der Waals surface area contributed by atoms with Crippen molar-refractivity contribution < 1.29 is 13.2 Å². The number of nitrogens with one attached hydrogen (secondary N) is 1.